The molecule has 36 heavy (non-hydrogen) atoms. The number of carbonyl (C=O) groups is 2. The third-order valence-corrected chi connectivity index (χ3v) is 4.61. The second-order valence-corrected chi connectivity index (χ2v) is 10.5. The van der Waals surface area contributed by atoms with Crippen molar-refractivity contribution in [1.82, 2.24) is 19.5 Å². The van der Waals surface area contributed by atoms with Crippen molar-refractivity contribution in [3.05, 3.63) is 30.1 Å². The molecular formula is C25H34N6O5. The Hall–Kier alpha value is -3.73. The van der Waals surface area contributed by atoms with Crippen LogP contribution in [0, 0.1) is 6.92 Å². The number of amides is 2. The van der Waals surface area contributed by atoms with Gasteiger partial charge in [-0.15, -0.1) is 0 Å². The van der Waals surface area contributed by atoms with E-state index in [9.17, 15) is 14.7 Å². The second-order valence-electron chi connectivity index (χ2n) is 10.5. The summed E-state index contributed by atoms with van der Waals surface area (Å²) in [5.41, 5.74) is 1.01. The maximum Gasteiger partial charge on any atom is 0.413 e. The molecular weight excluding hydrogens is 464 g/mol. The first-order valence-corrected chi connectivity index (χ1v) is 11.6. The summed E-state index contributed by atoms with van der Waals surface area (Å²) in [6, 6.07) is 6.86. The minimum Gasteiger partial charge on any atom is -0.444 e. The number of nitrogens with zero attached hydrogens (tertiary/aromatic N) is 4. The highest BCUT2D eigenvalue weighted by atomic mass is 16.6. The van der Waals surface area contributed by atoms with E-state index in [2.05, 4.69) is 20.6 Å². The van der Waals surface area contributed by atoms with Gasteiger partial charge < -0.3 is 19.1 Å². The Balaban J connectivity index is 2.03. The van der Waals surface area contributed by atoms with Crippen LogP contribution >= 0.6 is 0 Å². The third kappa shape index (κ3) is 7.38. The van der Waals surface area contributed by atoms with Gasteiger partial charge in [0.05, 0.1) is 18.3 Å². The molecule has 0 spiro atoms. The number of anilines is 2. The number of imidazole rings is 1. The lowest BCUT2D eigenvalue weighted by atomic mass is 10.1. The van der Waals surface area contributed by atoms with E-state index in [1.165, 1.54) is 0 Å². The monoisotopic (exact) mass is 498 g/mol. The molecule has 0 aliphatic carbocycles. The molecule has 11 heteroatoms. The molecule has 3 aromatic rings. The fourth-order valence-electron chi connectivity index (χ4n) is 3.38. The number of fused-ring (bicyclic) bond motifs is 1. The minimum absolute atomic E-state index is 0.156. The average molecular weight is 499 g/mol. The number of carbonyl (C=O) groups excluding carboxylic acids is 2. The van der Waals surface area contributed by atoms with Crippen molar-refractivity contribution in [2.24, 2.45) is 0 Å². The largest absolute Gasteiger partial charge is 0.444 e. The van der Waals surface area contributed by atoms with E-state index in [1.54, 1.807) is 66.7 Å². The zero-order valence-corrected chi connectivity index (χ0v) is 22.0. The van der Waals surface area contributed by atoms with Crippen LogP contribution in [-0.2, 0) is 16.0 Å². The number of rotatable bonds is 5. The number of aryl methyl sites for hydroxylation is 1. The zero-order chi connectivity index (χ0) is 26.8. The third-order valence-electron chi connectivity index (χ3n) is 4.61. The number of nitrogens with one attached hydrogen (secondary N) is 2. The molecule has 1 unspecified atom stereocenters. The number of aliphatic hydroxyl groups is 1. The molecule has 3 heterocycles. The number of hydrogen-bond donors (Lipinski definition) is 3. The van der Waals surface area contributed by atoms with Gasteiger partial charge in [0.1, 0.15) is 34.2 Å². The van der Waals surface area contributed by atoms with Crippen molar-refractivity contribution in [3.63, 3.8) is 0 Å². The Kier molecular flexibility index (Phi) is 7.54. The summed E-state index contributed by atoms with van der Waals surface area (Å²) in [5, 5.41) is 15.1. The topological polar surface area (TPSA) is 140 Å². The van der Waals surface area contributed by atoms with Gasteiger partial charge in [-0.05, 0) is 79.7 Å². The van der Waals surface area contributed by atoms with E-state index >= 15 is 0 Å². The van der Waals surface area contributed by atoms with E-state index in [4.69, 9.17) is 14.5 Å². The first-order chi connectivity index (χ1) is 16.6. The van der Waals surface area contributed by atoms with Crippen LogP contribution in [0.2, 0.25) is 0 Å². The fourth-order valence-corrected chi connectivity index (χ4v) is 3.38. The first kappa shape index (κ1) is 26.9. The van der Waals surface area contributed by atoms with Gasteiger partial charge in [0.2, 0.25) is 0 Å². The normalized spacial score (nSPS) is 12.8. The second kappa shape index (κ2) is 10.1. The Morgan fingerprint density at radius 2 is 1.47 bits per heavy atom. The first-order valence-electron chi connectivity index (χ1n) is 11.6. The lowest BCUT2D eigenvalue weighted by Crippen LogP contribution is -2.28. The van der Waals surface area contributed by atoms with E-state index in [0.29, 0.717) is 29.0 Å². The molecule has 0 radical (unpaired) electrons. The van der Waals surface area contributed by atoms with Gasteiger partial charge in [-0.3, -0.25) is 10.6 Å². The predicted molar refractivity (Wildman–Crippen MR) is 137 cm³/mol. The lowest BCUT2D eigenvalue weighted by Gasteiger charge is -2.20. The SMILES string of the molecule is Cc1nc2ccc(-c3cc(NC(=O)OC(C)(C)C)nc(NC(=O)OC(C)(C)C)c3)nc2n1CC(C)O. The van der Waals surface area contributed by atoms with Gasteiger partial charge in [-0.2, -0.15) is 0 Å². The molecule has 3 aromatic heterocycles. The molecule has 1 atom stereocenters. The summed E-state index contributed by atoms with van der Waals surface area (Å²) in [7, 11) is 0. The highest BCUT2D eigenvalue weighted by Gasteiger charge is 2.20. The van der Waals surface area contributed by atoms with Crippen LogP contribution in [0.4, 0.5) is 21.2 Å². The summed E-state index contributed by atoms with van der Waals surface area (Å²) in [4.78, 5) is 38.4. The van der Waals surface area contributed by atoms with Crippen LogP contribution in [-0.4, -0.2) is 54.1 Å². The molecule has 0 fully saturated rings. The maximum atomic E-state index is 12.4. The van der Waals surface area contributed by atoms with Gasteiger partial charge in [-0.1, -0.05) is 0 Å². The minimum atomic E-state index is -0.702. The molecule has 0 bridgehead atoms. The van der Waals surface area contributed by atoms with Crippen molar-refractivity contribution in [1.29, 1.82) is 0 Å². The van der Waals surface area contributed by atoms with Crippen LogP contribution in [0.3, 0.4) is 0 Å². The van der Waals surface area contributed by atoms with Crippen LogP contribution in [0.25, 0.3) is 22.4 Å². The average Bonchev–Trinajstić information content (AvgIpc) is 2.98. The summed E-state index contributed by atoms with van der Waals surface area (Å²) >= 11 is 0. The van der Waals surface area contributed by atoms with Crippen molar-refractivity contribution in [2.45, 2.75) is 79.2 Å². The zero-order valence-electron chi connectivity index (χ0n) is 22.0. The summed E-state index contributed by atoms with van der Waals surface area (Å²) in [5.74, 6) is 1.04. The van der Waals surface area contributed by atoms with Crippen molar-refractivity contribution < 1.29 is 24.2 Å². The van der Waals surface area contributed by atoms with Crippen molar-refractivity contribution in [2.75, 3.05) is 10.6 Å². The van der Waals surface area contributed by atoms with Crippen LogP contribution in [0.5, 0.6) is 0 Å². The molecule has 2 amide bonds. The summed E-state index contributed by atoms with van der Waals surface area (Å²) in [6.07, 6.45) is -1.96. The van der Waals surface area contributed by atoms with Crippen LogP contribution in [0.15, 0.2) is 24.3 Å². The smallest absolute Gasteiger partial charge is 0.413 e. The molecule has 0 saturated carbocycles. The standard InChI is InChI=1S/C25H34N6O5/c1-14(32)13-31-15(2)26-18-10-9-17(27-21(18)31)16-11-19(29-22(33)35-24(3,4)5)28-20(12-16)30-23(34)36-25(6,7)8/h9-12,14,32H,13H2,1-8H3,(H2,28,29,30,33,34). The molecule has 3 rings (SSSR count). The molecule has 11 nitrogen and oxygen atoms in total. The van der Waals surface area contributed by atoms with Gasteiger partial charge in [0.15, 0.2) is 5.65 Å². The molecule has 0 saturated heterocycles. The summed E-state index contributed by atoms with van der Waals surface area (Å²) < 4.78 is 12.5. The van der Waals surface area contributed by atoms with Crippen molar-refractivity contribution >= 4 is 35.0 Å². The molecule has 3 N–H and O–H groups in total. The van der Waals surface area contributed by atoms with Crippen LogP contribution in [0.1, 0.15) is 54.3 Å². The highest BCUT2D eigenvalue weighted by molar-refractivity contribution is 5.88. The van der Waals surface area contributed by atoms with E-state index in [0.717, 1.165) is 5.82 Å². The van der Waals surface area contributed by atoms with E-state index in [1.807, 2.05) is 17.6 Å². The fraction of sp³-hybridized carbons (Fsp3) is 0.480. The number of aromatic nitrogens is 4. The van der Waals surface area contributed by atoms with Gasteiger partial charge in [0, 0.05) is 5.56 Å². The predicted octanol–water partition coefficient (Wildman–Crippen LogP) is 4.88. The molecule has 0 aliphatic rings. The molecule has 0 aliphatic heterocycles. The number of pyridine rings is 2. The Morgan fingerprint density at radius 3 is 1.94 bits per heavy atom. The van der Waals surface area contributed by atoms with Crippen LogP contribution < -0.4 is 10.6 Å². The lowest BCUT2D eigenvalue weighted by molar-refractivity contribution is 0.0625. The highest BCUT2D eigenvalue weighted by Crippen LogP contribution is 2.27. The van der Waals surface area contributed by atoms with Crippen molar-refractivity contribution in [3.8, 4) is 11.3 Å². The maximum absolute atomic E-state index is 12.4. The van der Waals surface area contributed by atoms with E-state index < -0.39 is 29.5 Å². The number of hydrogen-bond acceptors (Lipinski definition) is 8. The number of ether oxygens (including phenoxy) is 2. The summed E-state index contributed by atoms with van der Waals surface area (Å²) in [6.45, 7) is 14.4. The Bertz CT molecular complexity index is 1220. The molecule has 194 valence electrons. The molecule has 0 aromatic carbocycles. The van der Waals surface area contributed by atoms with Gasteiger partial charge in [-0.25, -0.2) is 24.5 Å². The quantitative estimate of drug-likeness (QED) is 0.452. The Labute approximate surface area is 210 Å². The number of aliphatic hydroxyl groups excluding tert-OH is 1. The van der Waals surface area contributed by atoms with E-state index in [-0.39, 0.29) is 11.6 Å². The van der Waals surface area contributed by atoms with Gasteiger partial charge in [0.25, 0.3) is 0 Å². The Morgan fingerprint density at radius 1 is 0.944 bits per heavy atom. The van der Waals surface area contributed by atoms with Gasteiger partial charge >= 0.3 is 12.2 Å².